The van der Waals surface area contributed by atoms with E-state index in [0.717, 1.165) is 0 Å². The Kier molecular flexibility index (Phi) is 2.84. The van der Waals surface area contributed by atoms with Crippen molar-refractivity contribution in [1.82, 2.24) is 0 Å². The molecule has 0 amide bonds. The van der Waals surface area contributed by atoms with E-state index in [1.807, 2.05) is 0 Å². The van der Waals surface area contributed by atoms with Crippen molar-refractivity contribution in [3.05, 3.63) is 0 Å². The molecule has 0 radical (unpaired) electrons. The molecule has 0 saturated heterocycles. The fourth-order valence-electron chi connectivity index (χ4n) is 0.160. The van der Waals surface area contributed by atoms with Gasteiger partial charge in [0.1, 0.15) is 0 Å². The van der Waals surface area contributed by atoms with Crippen molar-refractivity contribution >= 4 is 31.3 Å². The molecule has 2 nitrogen and oxygen atoms in total. The molecule has 0 N–H and O–H groups in total. The Hall–Kier alpha value is 0.320. The summed E-state index contributed by atoms with van der Waals surface area (Å²) in [6.07, 6.45) is -5.01. The van der Waals surface area contributed by atoms with E-state index in [9.17, 15) is 21.6 Å². The zero-order valence-corrected chi connectivity index (χ0v) is 6.52. The van der Waals surface area contributed by atoms with Gasteiger partial charge in [0.2, 0.25) is 4.71 Å². The van der Waals surface area contributed by atoms with E-state index in [-0.39, 0.29) is 0 Å². The van der Waals surface area contributed by atoms with Crippen LogP contribution in [0.5, 0.6) is 0 Å². The third-order valence-electron chi connectivity index (χ3n) is 0.505. The Bertz CT molecular complexity index is 207. The summed E-state index contributed by atoms with van der Waals surface area (Å²) >= 11 is 4.39. The minimum absolute atomic E-state index is 3.03. The number of halogens is 5. The topological polar surface area (TPSA) is 34.1 Å². The third kappa shape index (κ3) is 2.94. The van der Waals surface area contributed by atoms with E-state index in [1.165, 1.54) is 0 Å². The minimum Gasteiger partial charge on any atom is -0.210 e. The van der Waals surface area contributed by atoms with Crippen molar-refractivity contribution in [3.63, 3.8) is 0 Å². The molecule has 10 heavy (non-hydrogen) atoms. The lowest BCUT2D eigenvalue weighted by atomic mass is 10.8. The lowest BCUT2D eigenvalue weighted by molar-refractivity contribution is -0.114. The average Bonchev–Trinajstić information content (AvgIpc) is 1.59. The highest BCUT2D eigenvalue weighted by Crippen LogP contribution is 2.30. The molecule has 0 aliphatic heterocycles. The van der Waals surface area contributed by atoms with Crippen LogP contribution in [-0.4, -0.2) is 19.3 Å². The van der Waals surface area contributed by atoms with Gasteiger partial charge in [-0.15, -0.1) is 0 Å². The summed E-state index contributed by atoms with van der Waals surface area (Å²) < 4.78 is 50.8. The molecule has 0 bridgehead atoms. The van der Waals surface area contributed by atoms with Crippen LogP contribution in [0, 0.1) is 0 Å². The Labute approximate surface area is 64.3 Å². The summed E-state index contributed by atoms with van der Waals surface area (Å²) in [5.41, 5.74) is 0. The van der Waals surface area contributed by atoms with E-state index in [1.54, 1.807) is 0 Å². The molecule has 0 heterocycles. The summed E-state index contributed by atoms with van der Waals surface area (Å²) in [6, 6.07) is 0. The van der Waals surface area contributed by atoms with Crippen LogP contribution in [0.15, 0.2) is 0 Å². The lowest BCUT2D eigenvalue weighted by Gasteiger charge is -2.08. The monoisotopic (exact) mass is 216 g/mol. The second-order valence-electron chi connectivity index (χ2n) is 1.33. The maximum absolute atomic E-state index is 11.3. The molecule has 0 rings (SSSR count). The van der Waals surface area contributed by atoms with Crippen LogP contribution in [0.4, 0.5) is 13.2 Å². The predicted molar refractivity (Wildman–Crippen MR) is 30.5 cm³/mol. The first-order valence-electron chi connectivity index (χ1n) is 1.80. The van der Waals surface area contributed by atoms with Gasteiger partial charge in [0.25, 0.3) is 9.05 Å². The molecule has 62 valence electrons. The third-order valence-corrected chi connectivity index (χ3v) is 3.03. The van der Waals surface area contributed by atoms with Crippen molar-refractivity contribution in [1.29, 1.82) is 0 Å². The summed E-state index contributed by atoms with van der Waals surface area (Å²) in [4.78, 5) is 0. The fourth-order valence-corrected chi connectivity index (χ4v) is 0.782. The van der Waals surface area contributed by atoms with Gasteiger partial charge >= 0.3 is 6.18 Å². The number of alkyl halides is 4. The summed E-state index contributed by atoms with van der Waals surface area (Å²) in [5, 5.41) is 0. The molecule has 0 aliphatic carbocycles. The van der Waals surface area contributed by atoms with Crippen LogP contribution >= 0.6 is 22.3 Å². The molecule has 0 saturated carbocycles. The Balaban J connectivity index is 4.56. The Morgan fingerprint density at radius 3 is 1.60 bits per heavy atom. The second kappa shape index (κ2) is 2.75. The second-order valence-corrected chi connectivity index (χ2v) is 4.74. The highest BCUT2D eigenvalue weighted by molar-refractivity contribution is 8.15. The molecule has 1 atom stereocenters. The fraction of sp³-hybridized carbons (Fsp3) is 1.00. The molecule has 0 aromatic heterocycles. The molecule has 0 unspecified atom stereocenters. The van der Waals surface area contributed by atoms with Crippen LogP contribution in [0.3, 0.4) is 0 Å². The van der Waals surface area contributed by atoms with E-state index in [0.29, 0.717) is 0 Å². The van der Waals surface area contributed by atoms with Gasteiger partial charge in [-0.05, 0) is 0 Å². The lowest BCUT2D eigenvalue weighted by Crippen LogP contribution is -2.28. The minimum atomic E-state index is -5.01. The van der Waals surface area contributed by atoms with Gasteiger partial charge in [0.05, 0.1) is 0 Å². The molecule has 0 spiro atoms. The van der Waals surface area contributed by atoms with Crippen LogP contribution in [0.2, 0.25) is 0 Å². The van der Waals surface area contributed by atoms with Gasteiger partial charge in [-0.1, -0.05) is 11.6 Å². The number of rotatable bonds is 1. The zero-order valence-electron chi connectivity index (χ0n) is 4.19. The van der Waals surface area contributed by atoms with Crippen LogP contribution in [-0.2, 0) is 9.05 Å². The molecule has 0 aromatic rings. The smallest absolute Gasteiger partial charge is 0.210 e. The molecule has 0 aromatic carbocycles. The first kappa shape index (κ1) is 10.3. The van der Waals surface area contributed by atoms with E-state index in [4.69, 9.17) is 0 Å². The summed E-state index contributed by atoms with van der Waals surface area (Å²) in [6.45, 7) is 0. The van der Waals surface area contributed by atoms with E-state index >= 15 is 0 Å². The van der Waals surface area contributed by atoms with Gasteiger partial charge in [0, 0.05) is 10.7 Å². The van der Waals surface area contributed by atoms with Crippen molar-refractivity contribution in [2.75, 3.05) is 0 Å². The maximum Gasteiger partial charge on any atom is 0.420 e. The Morgan fingerprint density at radius 1 is 1.30 bits per heavy atom. The van der Waals surface area contributed by atoms with Crippen LogP contribution < -0.4 is 0 Å². The van der Waals surface area contributed by atoms with Crippen molar-refractivity contribution < 1.29 is 21.6 Å². The van der Waals surface area contributed by atoms with Gasteiger partial charge in [0.15, 0.2) is 0 Å². The predicted octanol–water partition coefficient (Wildman–Crippen LogP) is 1.68. The summed E-state index contributed by atoms with van der Waals surface area (Å²) in [5.74, 6) is 0. The van der Waals surface area contributed by atoms with E-state index < -0.39 is 19.9 Å². The highest BCUT2D eigenvalue weighted by Gasteiger charge is 2.46. The largest absolute Gasteiger partial charge is 0.420 e. The molecule has 8 heteroatoms. The van der Waals surface area contributed by atoms with E-state index in [2.05, 4.69) is 22.3 Å². The standard InChI is InChI=1S/C2HCl2F3O2S/c3-1(2(5,6)7)10(4,8)9/h1H/t1-/m0/s1. The molecule has 0 fully saturated rings. The first-order chi connectivity index (χ1) is 4.15. The van der Waals surface area contributed by atoms with Gasteiger partial charge in [-0.3, -0.25) is 0 Å². The van der Waals surface area contributed by atoms with Crippen LogP contribution in [0.1, 0.15) is 0 Å². The molecular formula is C2HCl2F3O2S. The van der Waals surface area contributed by atoms with Gasteiger partial charge in [-0.2, -0.15) is 13.2 Å². The number of hydrogen-bond acceptors (Lipinski definition) is 2. The quantitative estimate of drug-likeness (QED) is 0.494. The average molecular weight is 217 g/mol. The van der Waals surface area contributed by atoms with Crippen LogP contribution in [0.25, 0.3) is 0 Å². The van der Waals surface area contributed by atoms with Gasteiger partial charge in [-0.25, -0.2) is 8.42 Å². The SMILES string of the molecule is O=S(=O)(Cl)[C@H](Cl)C(F)(F)F. The normalized spacial score (nSPS) is 16.9. The first-order valence-corrected chi connectivity index (χ1v) is 4.61. The molecule has 0 aliphatic rings. The number of hydrogen-bond donors (Lipinski definition) is 0. The van der Waals surface area contributed by atoms with Crippen molar-refractivity contribution in [2.45, 2.75) is 10.9 Å². The zero-order chi connectivity index (χ0) is 8.58. The highest BCUT2D eigenvalue weighted by atomic mass is 35.7. The molecular weight excluding hydrogens is 216 g/mol. The summed E-state index contributed by atoms with van der Waals surface area (Å²) in [7, 11) is -0.459. The van der Waals surface area contributed by atoms with Crippen molar-refractivity contribution in [2.24, 2.45) is 0 Å². The van der Waals surface area contributed by atoms with Gasteiger partial charge < -0.3 is 0 Å². The Morgan fingerprint density at radius 2 is 1.60 bits per heavy atom. The maximum atomic E-state index is 11.3. The van der Waals surface area contributed by atoms with Crippen molar-refractivity contribution in [3.8, 4) is 0 Å².